The van der Waals surface area contributed by atoms with Crippen molar-refractivity contribution < 1.29 is 31.1 Å². The normalized spacial score (nSPS) is 20.9. The van der Waals surface area contributed by atoms with Crippen molar-refractivity contribution in [2.24, 2.45) is 0 Å². The summed E-state index contributed by atoms with van der Waals surface area (Å²) in [5.74, 6) is -0.147. The number of nitrogens with zero attached hydrogens (tertiary/aromatic N) is 2. The van der Waals surface area contributed by atoms with Crippen molar-refractivity contribution >= 4 is 41.6 Å². The zero-order valence-corrected chi connectivity index (χ0v) is 22.7. The summed E-state index contributed by atoms with van der Waals surface area (Å²) in [5, 5.41) is 4.05. The van der Waals surface area contributed by atoms with Crippen LogP contribution in [0.3, 0.4) is 0 Å². The second kappa shape index (κ2) is 10.9. The molecule has 2 amide bonds. The van der Waals surface area contributed by atoms with Crippen molar-refractivity contribution in [3.8, 4) is 0 Å². The lowest BCUT2D eigenvalue weighted by Crippen LogP contribution is -2.53. The van der Waals surface area contributed by atoms with E-state index in [4.69, 9.17) is 23.2 Å². The summed E-state index contributed by atoms with van der Waals surface area (Å²) in [6.07, 6.45) is -8.83. The number of carbonyl (C=O) groups is 1. The summed E-state index contributed by atoms with van der Waals surface area (Å²) >= 11 is 12.2. The number of benzene rings is 2. The molecule has 13 heteroatoms. The Morgan fingerprint density at radius 2 is 1.53 bits per heavy atom. The second-order valence-electron chi connectivity index (χ2n) is 9.62. The molecule has 1 N–H and O–H groups in total. The Hall–Kier alpha value is -1.88. The number of nitrogens with one attached hydrogen (secondary N) is 1. The molecule has 2 aromatic carbocycles. The van der Waals surface area contributed by atoms with Crippen LogP contribution < -0.4 is 5.32 Å². The van der Waals surface area contributed by atoms with Crippen molar-refractivity contribution in [3.63, 3.8) is 0 Å². The lowest BCUT2D eigenvalue weighted by atomic mass is 9.86. The van der Waals surface area contributed by atoms with Gasteiger partial charge in [0.05, 0.1) is 26.7 Å². The van der Waals surface area contributed by atoms with E-state index in [2.05, 4.69) is 5.32 Å². The first-order chi connectivity index (χ1) is 17.1. The van der Waals surface area contributed by atoms with Crippen LogP contribution in [0.15, 0.2) is 36.4 Å². The van der Waals surface area contributed by atoms with Crippen molar-refractivity contribution in [3.05, 3.63) is 68.7 Å². The summed E-state index contributed by atoms with van der Waals surface area (Å²) < 4.78 is 80.7. The largest absolute Gasteiger partial charge is 0.416 e. The van der Waals surface area contributed by atoms with Gasteiger partial charge in [-0.2, -0.15) is 26.3 Å². The van der Waals surface area contributed by atoms with Crippen LogP contribution in [0.2, 0.25) is 10.0 Å². The maximum Gasteiger partial charge on any atom is 0.416 e. The van der Waals surface area contributed by atoms with Crippen LogP contribution in [-0.4, -0.2) is 49.1 Å². The van der Waals surface area contributed by atoms with Gasteiger partial charge in [0, 0.05) is 32.6 Å². The Balaban J connectivity index is 0.00000400. The molecule has 0 spiro atoms. The van der Waals surface area contributed by atoms with E-state index in [-0.39, 0.29) is 48.8 Å². The van der Waals surface area contributed by atoms with E-state index in [1.165, 1.54) is 16.8 Å². The van der Waals surface area contributed by atoms with Gasteiger partial charge in [0.1, 0.15) is 0 Å². The van der Waals surface area contributed by atoms with Crippen molar-refractivity contribution in [2.45, 2.75) is 49.1 Å². The van der Waals surface area contributed by atoms with Gasteiger partial charge in [-0.15, -0.1) is 12.4 Å². The van der Waals surface area contributed by atoms with Gasteiger partial charge in [0.15, 0.2) is 0 Å². The maximum atomic E-state index is 13.6. The first kappa shape index (κ1) is 30.7. The Morgan fingerprint density at radius 1 is 0.947 bits per heavy atom. The van der Waals surface area contributed by atoms with E-state index >= 15 is 0 Å². The number of rotatable bonds is 4. The number of halogens is 9. The van der Waals surface area contributed by atoms with E-state index in [0.29, 0.717) is 29.6 Å². The summed E-state index contributed by atoms with van der Waals surface area (Å²) in [4.78, 5) is 16.4. The van der Waals surface area contributed by atoms with E-state index < -0.39 is 35.0 Å². The standard InChI is InChI=1S/C25H25Cl2F6N3O.ClH/c1-35(21-5-8-34-13-18(21)14-3-4-19(26)20(27)9-14)22(37)36(2)23(6-7-23)15-10-16(24(28,29)30)12-17(11-15)25(31,32)33;/h3-4,9-12,18,21,34H,5-8,13H2,1-2H3;1H/t18-,21+;/m0./s1. The van der Waals surface area contributed by atoms with E-state index in [1.54, 1.807) is 19.2 Å². The van der Waals surface area contributed by atoms with E-state index in [9.17, 15) is 31.1 Å². The van der Waals surface area contributed by atoms with Gasteiger partial charge in [-0.05, 0) is 67.3 Å². The minimum absolute atomic E-state index is 0. The zero-order chi connectivity index (χ0) is 27.3. The lowest BCUT2D eigenvalue weighted by molar-refractivity contribution is -0.143. The van der Waals surface area contributed by atoms with Crippen molar-refractivity contribution in [1.82, 2.24) is 15.1 Å². The molecule has 2 atom stereocenters. The fourth-order valence-corrected chi connectivity index (χ4v) is 5.42. The van der Waals surface area contributed by atoms with Gasteiger partial charge in [-0.3, -0.25) is 0 Å². The lowest BCUT2D eigenvalue weighted by Gasteiger charge is -2.42. The third-order valence-electron chi connectivity index (χ3n) is 7.39. The average molecular weight is 605 g/mol. The van der Waals surface area contributed by atoms with Gasteiger partial charge >= 0.3 is 18.4 Å². The smallest absolute Gasteiger partial charge is 0.324 e. The molecule has 0 aromatic heterocycles. The van der Waals surface area contributed by atoms with Crippen LogP contribution in [0.25, 0.3) is 0 Å². The molecular weight excluding hydrogens is 579 g/mol. The predicted octanol–water partition coefficient (Wildman–Crippen LogP) is 7.57. The average Bonchev–Trinajstić information content (AvgIpc) is 3.65. The predicted molar refractivity (Wildman–Crippen MR) is 136 cm³/mol. The van der Waals surface area contributed by atoms with Gasteiger partial charge in [-0.1, -0.05) is 29.3 Å². The SMILES string of the molecule is CN(C(=O)N(C)C1(c2cc(C(F)(F)F)cc(C(F)(F)F)c2)CC1)[C@@H]1CCNC[C@H]1c1ccc(Cl)c(Cl)c1.Cl. The van der Waals surface area contributed by atoms with Crippen LogP contribution in [-0.2, 0) is 17.9 Å². The fraction of sp³-hybridized carbons (Fsp3) is 0.480. The first-order valence-electron chi connectivity index (χ1n) is 11.6. The number of urea groups is 1. The summed E-state index contributed by atoms with van der Waals surface area (Å²) in [5.41, 5.74) is -3.35. The topological polar surface area (TPSA) is 35.6 Å². The quantitative estimate of drug-likeness (QED) is 0.366. The summed E-state index contributed by atoms with van der Waals surface area (Å²) in [6.45, 7) is 1.19. The molecule has 1 heterocycles. The molecule has 1 saturated heterocycles. The van der Waals surface area contributed by atoms with E-state index in [1.807, 2.05) is 6.07 Å². The van der Waals surface area contributed by atoms with Crippen molar-refractivity contribution in [2.75, 3.05) is 27.2 Å². The van der Waals surface area contributed by atoms with Crippen LogP contribution >= 0.6 is 35.6 Å². The van der Waals surface area contributed by atoms with Gasteiger partial charge in [0.25, 0.3) is 0 Å². The minimum Gasteiger partial charge on any atom is -0.324 e. The molecule has 1 aliphatic carbocycles. The Morgan fingerprint density at radius 3 is 2.03 bits per heavy atom. The van der Waals surface area contributed by atoms with Gasteiger partial charge < -0.3 is 15.1 Å². The highest BCUT2D eigenvalue weighted by molar-refractivity contribution is 6.42. The highest BCUT2D eigenvalue weighted by Crippen LogP contribution is 2.53. The molecule has 4 nitrogen and oxygen atoms in total. The number of hydrogen-bond acceptors (Lipinski definition) is 2. The van der Waals surface area contributed by atoms with Crippen LogP contribution in [0.5, 0.6) is 0 Å². The van der Waals surface area contributed by atoms with Crippen LogP contribution in [0.1, 0.15) is 47.4 Å². The molecule has 1 aliphatic heterocycles. The molecule has 0 unspecified atom stereocenters. The summed E-state index contributed by atoms with van der Waals surface area (Å²) in [7, 11) is 3.03. The van der Waals surface area contributed by atoms with Crippen molar-refractivity contribution in [1.29, 1.82) is 0 Å². The minimum atomic E-state index is -4.96. The molecule has 38 heavy (non-hydrogen) atoms. The third-order valence-corrected chi connectivity index (χ3v) is 8.13. The molecule has 1 saturated carbocycles. The number of carbonyl (C=O) groups excluding carboxylic acids is 1. The van der Waals surface area contributed by atoms with Gasteiger partial charge in [0.2, 0.25) is 0 Å². The number of amides is 2. The number of alkyl halides is 6. The zero-order valence-electron chi connectivity index (χ0n) is 20.4. The Bertz CT molecular complexity index is 1150. The van der Waals surface area contributed by atoms with E-state index in [0.717, 1.165) is 17.7 Å². The third kappa shape index (κ3) is 5.98. The van der Waals surface area contributed by atoms with Crippen LogP contribution in [0, 0.1) is 0 Å². The number of piperidine rings is 1. The molecule has 2 aromatic rings. The highest BCUT2D eigenvalue weighted by atomic mass is 35.5. The molecule has 210 valence electrons. The summed E-state index contributed by atoms with van der Waals surface area (Å²) in [6, 6.07) is 6.00. The van der Waals surface area contributed by atoms with Gasteiger partial charge in [-0.25, -0.2) is 4.79 Å². The first-order valence-corrected chi connectivity index (χ1v) is 12.4. The highest BCUT2D eigenvalue weighted by Gasteiger charge is 2.53. The molecule has 0 bridgehead atoms. The Labute approximate surface area is 232 Å². The number of likely N-dealkylation sites (N-methyl/N-ethyl adjacent to an activating group) is 1. The number of hydrogen-bond donors (Lipinski definition) is 1. The van der Waals surface area contributed by atoms with Crippen LogP contribution in [0.4, 0.5) is 31.1 Å². The molecular formula is C25H26Cl3F6N3O. The second-order valence-corrected chi connectivity index (χ2v) is 10.4. The molecule has 4 rings (SSSR count). The Kier molecular flexibility index (Phi) is 8.83. The maximum absolute atomic E-state index is 13.6. The fourth-order valence-electron chi connectivity index (χ4n) is 5.11. The molecule has 2 aliphatic rings. The molecule has 0 radical (unpaired) electrons. The molecule has 2 fully saturated rings. The monoisotopic (exact) mass is 603 g/mol.